The van der Waals surface area contributed by atoms with Gasteiger partial charge in [0.1, 0.15) is 11.5 Å². The standard InChI is InChI=1S/C13H18ClNO2/c1-8(15)13(4-5-13)12-10(14)6-9(16-2)7-11(12)17-3/h6-8H,4-5,15H2,1-3H3. The van der Waals surface area contributed by atoms with Crippen molar-refractivity contribution in [2.24, 2.45) is 5.73 Å². The molecule has 4 heteroatoms. The van der Waals surface area contributed by atoms with Crippen molar-refractivity contribution >= 4 is 11.6 Å². The van der Waals surface area contributed by atoms with Crippen molar-refractivity contribution in [2.75, 3.05) is 14.2 Å². The summed E-state index contributed by atoms with van der Waals surface area (Å²) in [4.78, 5) is 0. The van der Waals surface area contributed by atoms with Crippen LogP contribution in [-0.2, 0) is 5.41 Å². The van der Waals surface area contributed by atoms with E-state index in [4.69, 9.17) is 26.8 Å². The van der Waals surface area contributed by atoms with E-state index in [-0.39, 0.29) is 11.5 Å². The molecule has 0 heterocycles. The fourth-order valence-electron chi connectivity index (χ4n) is 2.39. The maximum atomic E-state index is 6.35. The third kappa shape index (κ3) is 1.98. The van der Waals surface area contributed by atoms with Crippen molar-refractivity contribution in [1.29, 1.82) is 0 Å². The minimum Gasteiger partial charge on any atom is -0.497 e. The number of nitrogens with two attached hydrogens (primary N) is 1. The Morgan fingerprint density at radius 2 is 1.94 bits per heavy atom. The van der Waals surface area contributed by atoms with E-state index >= 15 is 0 Å². The molecule has 0 aromatic heterocycles. The molecule has 1 atom stereocenters. The highest BCUT2D eigenvalue weighted by atomic mass is 35.5. The lowest BCUT2D eigenvalue weighted by Crippen LogP contribution is -2.32. The highest BCUT2D eigenvalue weighted by molar-refractivity contribution is 6.32. The SMILES string of the molecule is COc1cc(Cl)c(C2(C(C)N)CC2)c(OC)c1. The molecular formula is C13H18ClNO2. The van der Waals surface area contributed by atoms with E-state index in [0.29, 0.717) is 10.8 Å². The molecule has 0 saturated heterocycles. The van der Waals surface area contributed by atoms with E-state index in [1.54, 1.807) is 14.2 Å². The largest absolute Gasteiger partial charge is 0.497 e. The first kappa shape index (κ1) is 12.5. The van der Waals surface area contributed by atoms with Crippen LogP contribution in [0, 0.1) is 0 Å². The van der Waals surface area contributed by atoms with Gasteiger partial charge in [0.15, 0.2) is 0 Å². The van der Waals surface area contributed by atoms with E-state index in [1.165, 1.54) is 0 Å². The molecule has 1 aliphatic rings. The predicted octanol–water partition coefficient (Wildman–Crippen LogP) is 2.74. The molecular weight excluding hydrogens is 238 g/mol. The summed E-state index contributed by atoms with van der Waals surface area (Å²) in [6.45, 7) is 2.02. The van der Waals surface area contributed by atoms with Gasteiger partial charge >= 0.3 is 0 Å². The maximum Gasteiger partial charge on any atom is 0.127 e. The molecule has 0 bridgehead atoms. The van der Waals surface area contributed by atoms with Gasteiger partial charge in [-0.25, -0.2) is 0 Å². The summed E-state index contributed by atoms with van der Waals surface area (Å²) in [5.41, 5.74) is 7.09. The Morgan fingerprint density at radius 1 is 1.29 bits per heavy atom. The molecule has 1 unspecified atom stereocenters. The number of rotatable bonds is 4. The fraction of sp³-hybridized carbons (Fsp3) is 0.538. The average Bonchev–Trinajstić information content (AvgIpc) is 3.08. The Balaban J connectivity index is 2.53. The zero-order valence-corrected chi connectivity index (χ0v) is 11.2. The monoisotopic (exact) mass is 255 g/mol. The van der Waals surface area contributed by atoms with E-state index in [2.05, 4.69) is 0 Å². The average molecular weight is 256 g/mol. The molecule has 17 heavy (non-hydrogen) atoms. The zero-order valence-electron chi connectivity index (χ0n) is 10.4. The first-order valence-electron chi connectivity index (χ1n) is 5.72. The van der Waals surface area contributed by atoms with Crippen LogP contribution in [0.2, 0.25) is 5.02 Å². The Hall–Kier alpha value is -0.930. The third-order valence-corrected chi connectivity index (χ3v) is 3.94. The van der Waals surface area contributed by atoms with Crippen LogP contribution in [0.1, 0.15) is 25.3 Å². The first-order chi connectivity index (χ1) is 8.05. The van der Waals surface area contributed by atoms with Gasteiger partial charge in [0.2, 0.25) is 0 Å². The van der Waals surface area contributed by atoms with Gasteiger partial charge in [-0.3, -0.25) is 0 Å². The van der Waals surface area contributed by atoms with Gasteiger partial charge in [0, 0.05) is 23.1 Å². The number of hydrogen-bond donors (Lipinski definition) is 1. The lowest BCUT2D eigenvalue weighted by Gasteiger charge is -2.24. The van der Waals surface area contributed by atoms with Gasteiger partial charge < -0.3 is 15.2 Å². The molecule has 0 amide bonds. The van der Waals surface area contributed by atoms with Gasteiger partial charge in [-0.2, -0.15) is 0 Å². The molecule has 1 aliphatic carbocycles. The van der Waals surface area contributed by atoms with E-state index < -0.39 is 0 Å². The van der Waals surface area contributed by atoms with Crippen LogP contribution >= 0.6 is 11.6 Å². The third-order valence-electron chi connectivity index (χ3n) is 3.64. The summed E-state index contributed by atoms with van der Waals surface area (Å²) < 4.78 is 10.6. The second-order valence-electron chi connectivity index (χ2n) is 4.63. The smallest absolute Gasteiger partial charge is 0.127 e. The second kappa shape index (κ2) is 4.39. The van der Waals surface area contributed by atoms with Crippen molar-refractivity contribution in [1.82, 2.24) is 0 Å². The molecule has 1 saturated carbocycles. The van der Waals surface area contributed by atoms with E-state index in [9.17, 15) is 0 Å². The number of halogens is 1. The Bertz CT molecular complexity index is 428. The Kier molecular flexibility index (Phi) is 3.23. The molecule has 0 aliphatic heterocycles. The zero-order chi connectivity index (χ0) is 12.6. The van der Waals surface area contributed by atoms with Crippen LogP contribution < -0.4 is 15.2 Å². The number of methoxy groups -OCH3 is 2. The predicted molar refractivity (Wildman–Crippen MR) is 69.1 cm³/mol. The minimum atomic E-state index is -0.0191. The van der Waals surface area contributed by atoms with Crippen LogP contribution in [0.3, 0.4) is 0 Å². The summed E-state index contributed by atoms with van der Waals surface area (Å²) in [7, 11) is 3.26. The maximum absolute atomic E-state index is 6.35. The van der Waals surface area contributed by atoms with E-state index in [0.717, 1.165) is 24.2 Å². The molecule has 1 aromatic carbocycles. The number of benzene rings is 1. The number of ether oxygens (including phenoxy) is 2. The van der Waals surface area contributed by atoms with Gasteiger partial charge in [0.25, 0.3) is 0 Å². The quantitative estimate of drug-likeness (QED) is 0.900. The molecule has 2 N–H and O–H groups in total. The van der Waals surface area contributed by atoms with Crippen molar-refractivity contribution in [2.45, 2.75) is 31.2 Å². The van der Waals surface area contributed by atoms with Crippen molar-refractivity contribution in [3.63, 3.8) is 0 Å². The van der Waals surface area contributed by atoms with Crippen LogP contribution in [0.25, 0.3) is 0 Å². The van der Waals surface area contributed by atoms with Crippen LogP contribution in [0.4, 0.5) is 0 Å². The van der Waals surface area contributed by atoms with Crippen LogP contribution in [-0.4, -0.2) is 20.3 Å². The van der Waals surface area contributed by atoms with Crippen LogP contribution in [0.15, 0.2) is 12.1 Å². The van der Waals surface area contributed by atoms with Gasteiger partial charge in [0.05, 0.1) is 19.2 Å². The molecule has 1 aromatic rings. The van der Waals surface area contributed by atoms with Crippen LogP contribution in [0.5, 0.6) is 11.5 Å². The lowest BCUT2D eigenvalue weighted by atomic mass is 9.88. The molecule has 3 nitrogen and oxygen atoms in total. The molecule has 1 fully saturated rings. The summed E-state index contributed by atoms with van der Waals surface area (Å²) >= 11 is 6.35. The van der Waals surface area contributed by atoms with E-state index in [1.807, 2.05) is 19.1 Å². The van der Waals surface area contributed by atoms with Gasteiger partial charge in [-0.1, -0.05) is 11.6 Å². The normalized spacial score (nSPS) is 18.6. The Morgan fingerprint density at radius 3 is 2.35 bits per heavy atom. The summed E-state index contributed by atoms with van der Waals surface area (Å²) in [5.74, 6) is 1.47. The second-order valence-corrected chi connectivity index (χ2v) is 5.04. The molecule has 94 valence electrons. The van der Waals surface area contributed by atoms with Crippen molar-refractivity contribution in [3.05, 3.63) is 22.7 Å². The fourth-order valence-corrected chi connectivity index (χ4v) is 2.78. The topological polar surface area (TPSA) is 44.5 Å². The lowest BCUT2D eigenvalue weighted by molar-refractivity contribution is 0.384. The summed E-state index contributed by atoms with van der Waals surface area (Å²) in [6.07, 6.45) is 2.13. The van der Waals surface area contributed by atoms with Gasteiger partial charge in [-0.15, -0.1) is 0 Å². The first-order valence-corrected chi connectivity index (χ1v) is 6.10. The Labute approximate surface area is 107 Å². The minimum absolute atomic E-state index is 0.0191. The molecule has 0 spiro atoms. The number of hydrogen-bond acceptors (Lipinski definition) is 3. The highest BCUT2D eigenvalue weighted by Crippen LogP contribution is 2.56. The summed E-state index contributed by atoms with van der Waals surface area (Å²) in [6, 6.07) is 3.76. The highest BCUT2D eigenvalue weighted by Gasteiger charge is 2.50. The molecule has 0 radical (unpaired) electrons. The van der Waals surface area contributed by atoms with Gasteiger partial charge in [-0.05, 0) is 25.8 Å². The van der Waals surface area contributed by atoms with Crippen molar-refractivity contribution in [3.8, 4) is 11.5 Å². The summed E-state index contributed by atoms with van der Waals surface area (Å²) in [5, 5.41) is 0.677. The van der Waals surface area contributed by atoms with Crippen molar-refractivity contribution < 1.29 is 9.47 Å². The molecule has 2 rings (SSSR count).